The number of alkyl halides is 3. The lowest BCUT2D eigenvalue weighted by Gasteiger charge is -2.39. The van der Waals surface area contributed by atoms with E-state index in [2.05, 4.69) is 0 Å². The molecule has 1 fully saturated rings. The second-order valence-electron chi connectivity index (χ2n) is 6.41. The van der Waals surface area contributed by atoms with E-state index in [1.165, 1.54) is 4.90 Å². The molecule has 128 valence electrons. The van der Waals surface area contributed by atoms with E-state index in [4.69, 9.17) is 4.74 Å². The Bertz CT molecular complexity index is 434. The van der Waals surface area contributed by atoms with Crippen molar-refractivity contribution >= 4 is 12.0 Å². The average Bonchev–Trinajstić information content (AvgIpc) is 2.33. The number of likely N-dealkylation sites (tertiary alicyclic amines) is 1. The minimum absolute atomic E-state index is 0.185. The Kier molecular flexibility index (Phi) is 5.32. The number of amides is 2. The van der Waals surface area contributed by atoms with Crippen LogP contribution in [0.1, 0.15) is 33.6 Å². The first-order valence-corrected chi connectivity index (χ1v) is 6.88. The number of β-amino-alcohol motifs (C(OH)–C–C–N with tert-alkyl or cyclic N) is 1. The van der Waals surface area contributed by atoms with Gasteiger partial charge in [0.2, 0.25) is 0 Å². The molecule has 2 N–H and O–H groups in total. The van der Waals surface area contributed by atoms with Crippen LogP contribution in [-0.2, 0) is 9.53 Å². The van der Waals surface area contributed by atoms with E-state index in [-0.39, 0.29) is 13.0 Å². The van der Waals surface area contributed by atoms with E-state index in [0.717, 1.165) is 0 Å². The van der Waals surface area contributed by atoms with Crippen molar-refractivity contribution in [2.45, 2.75) is 51.0 Å². The van der Waals surface area contributed by atoms with Crippen LogP contribution in [0.3, 0.4) is 0 Å². The third-order valence-corrected chi connectivity index (χ3v) is 3.04. The molecule has 0 spiro atoms. The van der Waals surface area contributed by atoms with Gasteiger partial charge in [0.1, 0.15) is 5.60 Å². The summed E-state index contributed by atoms with van der Waals surface area (Å²) < 4.78 is 41.6. The minimum Gasteiger partial charge on any atom is -0.444 e. The summed E-state index contributed by atoms with van der Waals surface area (Å²) in [5.74, 6) is -2.12. The van der Waals surface area contributed by atoms with Crippen LogP contribution in [0.15, 0.2) is 0 Å². The normalized spacial score (nSPS) is 23.1. The van der Waals surface area contributed by atoms with E-state index < -0.39 is 35.9 Å². The molecule has 1 aliphatic rings. The molecule has 0 saturated carbocycles. The highest BCUT2D eigenvalue weighted by Crippen LogP contribution is 2.23. The molecule has 22 heavy (non-hydrogen) atoms. The van der Waals surface area contributed by atoms with Crippen molar-refractivity contribution in [1.29, 1.82) is 0 Å². The molecule has 0 aromatic heterocycles. The van der Waals surface area contributed by atoms with Gasteiger partial charge in [-0.2, -0.15) is 13.2 Å². The number of hydrogen-bond donors (Lipinski definition) is 2. The van der Waals surface area contributed by atoms with Crippen molar-refractivity contribution in [1.82, 2.24) is 10.2 Å². The Hall–Kier alpha value is -1.51. The van der Waals surface area contributed by atoms with Gasteiger partial charge >= 0.3 is 18.2 Å². The summed E-state index contributed by atoms with van der Waals surface area (Å²) >= 11 is 0. The molecule has 0 aliphatic carbocycles. The third kappa shape index (κ3) is 5.70. The van der Waals surface area contributed by atoms with Crippen molar-refractivity contribution in [3.05, 3.63) is 0 Å². The van der Waals surface area contributed by atoms with E-state index in [1.807, 2.05) is 0 Å². The number of nitrogens with one attached hydrogen (secondary N) is 1. The van der Waals surface area contributed by atoms with Crippen molar-refractivity contribution in [3.63, 3.8) is 0 Å². The Morgan fingerprint density at radius 3 is 2.41 bits per heavy atom. The Balaban J connectivity index is 2.61. The fourth-order valence-corrected chi connectivity index (χ4v) is 2.08. The van der Waals surface area contributed by atoms with E-state index >= 15 is 0 Å². The number of hydrogen-bond acceptors (Lipinski definition) is 4. The maximum atomic E-state index is 12.1. The van der Waals surface area contributed by atoms with Crippen molar-refractivity contribution in [3.8, 4) is 0 Å². The first-order valence-electron chi connectivity index (χ1n) is 6.88. The molecule has 2 amide bonds. The summed E-state index contributed by atoms with van der Waals surface area (Å²) in [4.78, 5) is 24.0. The number of piperidine rings is 1. The van der Waals surface area contributed by atoms with Gasteiger partial charge in [-0.15, -0.1) is 0 Å². The maximum Gasteiger partial charge on any atom is 0.471 e. The molecule has 0 aromatic rings. The summed E-state index contributed by atoms with van der Waals surface area (Å²) in [5, 5.41) is 11.9. The van der Waals surface area contributed by atoms with Crippen LogP contribution in [0.4, 0.5) is 18.0 Å². The lowest BCUT2D eigenvalue weighted by Crippen LogP contribution is -2.57. The quantitative estimate of drug-likeness (QED) is 0.804. The third-order valence-electron chi connectivity index (χ3n) is 3.04. The predicted octanol–water partition coefficient (Wildman–Crippen LogP) is 1.43. The molecule has 1 saturated heterocycles. The lowest BCUT2D eigenvalue weighted by atomic mass is 9.93. The zero-order valence-corrected chi connectivity index (χ0v) is 12.8. The van der Waals surface area contributed by atoms with Gasteiger partial charge in [-0.3, -0.25) is 4.79 Å². The van der Waals surface area contributed by atoms with E-state index in [0.29, 0.717) is 13.0 Å². The summed E-state index contributed by atoms with van der Waals surface area (Å²) in [5.41, 5.74) is -2.31. The Morgan fingerprint density at radius 1 is 1.32 bits per heavy atom. The van der Waals surface area contributed by atoms with Gasteiger partial charge in [0, 0.05) is 13.1 Å². The number of rotatable bonds is 2. The van der Waals surface area contributed by atoms with E-state index in [9.17, 15) is 27.9 Å². The number of nitrogens with zero attached hydrogens (tertiary/aromatic N) is 1. The fourth-order valence-electron chi connectivity index (χ4n) is 2.08. The predicted molar refractivity (Wildman–Crippen MR) is 71.1 cm³/mol. The van der Waals surface area contributed by atoms with Crippen LogP contribution in [0.5, 0.6) is 0 Å². The first kappa shape index (κ1) is 18.5. The summed E-state index contributed by atoms with van der Waals surface area (Å²) in [6, 6.07) is 0. The highest BCUT2D eigenvalue weighted by atomic mass is 19.4. The zero-order valence-electron chi connectivity index (χ0n) is 12.8. The van der Waals surface area contributed by atoms with E-state index in [1.54, 1.807) is 26.1 Å². The topological polar surface area (TPSA) is 78.9 Å². The monoisotopic (exact) mass is 326 g/mol. The molecule has 9 heteroatoms. The molecule has 1 aliphatic heterocycles. The van der Waals surface area contributed by atoms with Crippen molar-refractivity contribution in [2.24, 2.45) is 0 Å². The molecule has 1 atom stereocenters. The van der Waals surface area contributed by atoms with Crippen LogP contribution < -0.4 is 5.32 Å². The molecule has 1 rings (SSSR count). The summed E-state index contributed by atoms with van der Waals surface area (Å²) in [7, 11) is 0. The van der Waals surface area contributed by atoms with Gasteiger partial charge in [0.15, 0.2) is 0 Å². The van der Waals surface area contributed by atoms with Crippen LogP contribution in [-0.4, -0.2) is 59.0 Å². The van der Waals surface area contributed by atoms with Gasteiger partial charge in [0.05, 0.1) is 12.1 Å². The Labute approximate surface area is 126 Å². The molecular weight excluding hydrogens is 305 g/mol. The standard InChI is InChI=1S/C13H21F3N2O4/c1-11(2,3)22-10(20)18-6-4-5-12(21,8-18)7-17-9(19)13(14,15)16/h21H,4-8H2,1-3H3,(H,17,19). The summed E-state index contributed by atoms with van der Waals surface area (Å²) in [6.45, 7) is 4.62. The molecular formula is C13H21F3N2O4. The molecule has 1 heterocycles. The van der Waals surface area contributed by atoms with Crippen molar-refractivity contribution in [2.75, 3.05) is 19.6 Å². The number of carbonyl (C=O) groups is 2. The van der Waals surface area contributed by atoms with Gasteiger partial charge in [-0.05, 0) is 33.6 Å². The SMILES string of the molecule is CC(C)(C)OC(=O)N1CCCC(O)(CNC(=O)C(F)(F)F)C1. The number of carbonyl (C=O) groups excluding carboxylic acids is 2. The van der Waals surface area contributed by atoms with Crippen LogP contribution >= 0.6 is 0 Å². The average molecular weight is 326 g/mol. The lowest BCUT2D eigenvalue weighted by molar-refractivity contribution is -0.174. The smallest absolute Gasteiger partial charge is 0.444 e. The fraction of sp³-hybridized carbons (Fsp3) is 0.846. The number of ether oxygens (including phenoxy) is 1. The van der Waals surface area contributed by atoms with Gasteiger partial charge in [-0.25, -0.2) is 4.79 Å². The van der Waals surface area contributed by atoms with Crippen molar-refractivity contribution < 1.29 is 32.6 Å². The molecule has 1 unspecified atom stereocenters. The van der Waals surface area contributed by atoms with Gasteiger partial charge < -0.3 is 20.1 Å². The van der Waals surface area contributed by atoms with Gasteiger partial charge in [-0.1, -0.05) is 0 Å². The van der Waals surface area contributed by atoms with Crippen LogP contribution in [0.25, 0.3) is 0 Å². The second-order valence-corrected chi connectivity index (χ2v) is 6.41. The molecule has 0 bridgehead atoms. The molecule has 0 aromatic carbocycles. The number of halogens is 3. The summed E-state index contributed by atoms with van der Waals surface area (Å²) in [6.07, 6.45) is -5.06. The Morgan fingerprint density at radius 2 is 1.91 bits per heavy atom. The maximum absolute atomic E-state index is 12.1. The highest BCUT2D eigenvalue weighted by molar-refractivity contribution is 5.81. The highest BCUT2D eigenvalue weighted by Gasteiger charge is 2.42. The van der Waals surface area contributed by atoms with Crippen LogP contribution in [0.2, 0.25) is 0 Å². The molecule has 0 radical (unpaired) electrons. The number of aliphatic hydroxyl groups is 1. The second kappa shape index (κ2) is 6.31. The van der Waals surface area contributed by atoms with Gasteiger partial charge in [0.25, 0.3) is 0 Å². The largest absolute Gasteiger partial charge is 0.471 e. The zero-order chi connectivity index (χ0) is 17.2. The van der Waals surface area contributed by atoms with Crippen LogP contribution in [0, 0.1) is 0 Å². The minimum atomic E-state index is -5.00. The molecule has 6 nitrogen and oxygen atoms in total. The first-order chi connectivity index (χ1) is 9.82.